The summed E-state index contributed by atoms with van der Waals surface area (Å²) in [5.74, 6) is -0.204. The Balaban J connectivity index is 1.66. The molecule has 30 heavy (non-hydrogen) atoms. The van der Waals surface area contributed by atoms with Crippen LogP contribution in [-0.2, 0) is 4.84 Å². The summed E-state index contributed by atoms with van der Waals surface area (Å²) in [7, 11) is 1.30. The van der Waals surface area contributed by atoms with Gasteiger partial charge in [-0.15, -0.1) is 0 Å². The lowest BCUT2D eigenvalue weighted by Gasteiger charge is -2.10. The standard InChI is InChI=1S/C19H15Cl2N5O4/c1-29-26-18(27)17-22-8-7-16(25-17)30-13-4-2-3-11(9-13)23-19(28)24-12-5-6-14(20)15(21)10-12/h2-10H,1H3,(H,26,27)(H2,23,24,28). The number of hydrogen-bond donors (Lipinski definition) is 3. The molecule has 0 unspecified atom stereocenters. The highest BCUT2D eigenvalue weighted by Gasteiger charge is 2.11. The molecule has 11 heteroatoms. The average molecular weight is 448 g/mol. The van der Waals surface area contributed by atoms with Gasteiger partial charge in [0.05, 0.1) is 17.2 Å². The molecule has 0 aliphatic carbocycles. The number of benzene rings is 2. The molecule has 3 aromatic rings. The third kappa shape index (κ3) is 5.80. The predicted octanol–water partition coefficient (Wildman–Crippen LogP) is 4.51. The van der Waals surface area contributed by atoms with Crippen molar-refractivity contribution >= 4 is 46.5 Å². The van der Waals surface area contributed by atoms with E-state index in [4.69, 9.17) is 27.9 Å². The number of ether oxygens (including phenoxy) is 1. The predicted molar refractivity (Wildman–Crippen MR) is 112 cm³/mol. The van der Waals surface area contributed by atoms with Crippen LogP contribution in [0.2, 0.25) is 10.0 Å². The second-order valence-electron chi connectivity index (χ2n) is 5.69. The molecular weight excluding hydrogens is 433 g/mol. The van der Waals surface area contributed by atoms with Gasteiger partial charge in [0.2, 0.25) is 11.7 Å². The number of urea groups is 1. The van der Waals surface area contributed by atoms with E-state index in [-0.39, 0.29) is 11.7 Å². The minimum absolute atomic E-state index is 0.121. The number of anilines is 2. The molecule has 0 bridgehead atoms. The fourth-order valence-corrected chi connectivity index (χ4v) is 2.57. The fraction of sp³-hybridized carbons (Fsp3) is 0.0526. The molecule has 3 rings (SSSR count). The zero-order chi connectivity index (χ0) is 21.5. The number of carbonyl (C=O) groups is 2. The molecule has 3 N–H and O–H groups in total. The number of aromatic nitrogens is 2. The summed E-state index contributed by atoms with van der Waals surface area (Å²) in [5, 5.41) is 6.04. The van der Waals surface area contributed by atoms with Crippen molar-refractivity contribution in [3.63, 3.8) is 0 Å². The van der Waals surface area contributed by atoms with Crippen LogP contribution in [0.4, 0.5) is 16.2 Å². The molecule has 2 aromatic carbocycles. The summed E-state index contributed by atoms with van der Waals surface area (Å²) in [6, 6.07) is 12.4. The van der Waals surface area contributed by atoms with Crippen LogP contribution in [0, 0.1) is 0 Å². The third-order valence-corrected chi connectivity index (χ3v) is 4.26. The van der Waals surface area contributed by atoms with Gasteiger partial charge in [0, 0.05) is 29.7 Å². The highest BCUT2D eigenvalue weighted by Crippen LogP contribution is 2.26. The maximum absolute atomic E-state index is 12.2. The molecule has 1 aromatic heterocycles. The number of nitrogens with one attached hydrogen (secondary N) is 3. The van der Waals surface area contributed by atoms with Crippen molar-refractivity contribution in [2.45, 2.75) is 0 Å². The average Bonchev–Trinajstić information content (AvgIpc) is 2.71. The van der Waals surface area contributed by atoms with Crippen molar-refractivity contribution in [1.29, 1.82) is 0 Å². The number of hydrogen-bond acceptors (Lipinski definition) is 6. The van der Waals surface area contributed by atoms with Crippen LogP contribution in [0.3, 0.4) is 0 Å². The summed E-state index contributed by atoms with van der Waals surface area (Å²) in [6.07, 6.45) is 1.37. The van der Waals surface area contributed by atoms with Gasteiger partial charge in [0.1, 0.15) is 5.75 Å². The Labute approximate surface area is 181 Å². The van der Waals surface area contributed by atoms with E-state index in [9.17, 15) is 9.59 Å². The Morgan fingerprint density at radius 1 is 0.967 bits per heavy atom. The first-order chi connectivity index (χ1) is 14.4. The van der Waals surface area contributed by atoms with Gasteiger partial charge in [-0.05, 0) is 30.3 Å². The van der Waals surface area contributed by atoms with Crippen LogP contribution in [0.25, 0.3) is 0 Å². The second kappa shape index (κ2) is 9.88. The summed E-state index contributed by atoms with van der Waals surface area (Å²) in [6.45, 7) is 0. The first kappa shape index (κ1) is 21.3. The van der Waals surface area contributed by atoms with E-state index < -0.39 is 11.9 Å². The van der Waals surface area contributed by atoms with Crippen LogP contribution < -0.4 is 20.9 Å². The van der Waals surface area contributed by atoms with Gasteiger partial charge in [-0.3, -0.25) is 9.63 Å². The molecule has 1 heterocycles. The summed E-state index contributed by atoms with van der Waals surface area (Å²) in [5.41, 5.74) is 3.07. The quantitative estimate of drug-likeness (QED) is 0.478. The molecule has 0 saturated heterocycles. The number of nitrogens with zero attached hydrogens (tertiary/aromatic N) is 2. The highest BCUT2D eigenvalue weighted by atomic mass is 35.5. The zero-order valence-corrected chi connectivity index (χ0v) is 17.0. The molecule has 0 saturated carbocycles. The van der Waals surface area contributed by atoms with E-state index in [2.05, 4.69) is 30.9 Å². The zero-order valence-electron chi connectivity index (χ0n) is 15.5. The van der Waals surface area contributed by atoms with Crippen molar-refractivity contribution in [2.24, 2.45) is 0 Å². The Morgan fingerprint density at radius 3 is 2.47 bits per heavy atom. The molecular formula is C19H15Cl2N5O4. The van der Waals surface area contributed by atoms with Gasteiger partial charge in [0.15, 0.2) is 0 Å². The lowest BCUT2D eigenvalue weighted by atomic mass is 10.3. The molecule has 0 radical (unpaired) electrons. The van der Waals surface area contributed by atoms with E-state index in [1.165, 1.54) is 25.4 Å². The van der Waals surface area contributed by atoms with Gasteiger partial charge < -0.3 is 15.4 Å². The summed E-state index contributed by atoms with van der Waals surface area (Å²) < 4.78 is 5.64. The van der Waals surface area contributed by atoms with Crippen LogP contribution in [-0.4, -0.2) is 29.0 Å². The van der Waals surface area contributed by atoms with Crippen LogP contribution >= 0.6 is 23.2 Å². The van der Waals surface area contributed by atoms with E-state index in [0.29, 0.717) is 27.2 Å². The smallest absolute Gasteiger partial charge is 0.323 e. The van der Waals surface area contributed by atoms with Gasteiger partial charge >= 0.3 is 11.9 Å². The number of carbonyl (C=O) groups excluding carboxylic acids is 2. The summed E-state index contributed by atoms with van der Waals surface area (Å²) in [4.78, 5) is 36.3. The number of amides is 3. The Hall–Kier alpha value is -3.40. The van der Waals surface area contributed by atoms with Crippen molar-refractivity contribution in [3.05, 3.63) is 70.6 Å². The first-order valence-electron chi connectivity index (χ1n) is 8.42. The van der Waals surface area contributed by atoms with Gasteiger partial charge in [-0.1, -0.05) is 29.3 Å². The largest absolute Gasteiger partial charge is 0.439 e. The molecule has 154 valence electrons. The van der Waals surface area contributed by atoms with Crippen molar-refractivity contribution in [3.8, 4) is 11.6 Å². The summed E-state index contributed by atoms with van der Waals surface area (Å²) >= 11 is 11.8. The third-order valence-electron chi connectivity index (χ3n) is 3.52. The van der Waals surface area contributed by atoms with E-state index in [1.807, 2.05) is 0 Å². The van der Waals surface area contributed by atoms with Crippen LogP contribution in [0.15, 0.2) is 54.7 Å². The lowest BCUT2D eigenvalue weighted by molar-refractivity contribution is 0.0526. The SMILES string of the molecule is CONC(=O)c1nccc(Oc2cccc(NC(=O)Nc3ccc(Cl)c(Cl)c3)c2)n1. The molecule has 0 aliphatic rings. The number of rotatable bonds is 6. The minimum Gasteiger partial charge on any atom is -0.439 e. The molecule has 0 spiro atoms. The van der Waals surface area contributed by atoms with E-state index >= 15 is 0 Å². The first-order valence-corrected chi connectivity index (χ1v) is 9.17. The molecule has 3 amide bonds. The maximum atomic E-state index is 12.2. The van der Waals surface area contributed by atoms with Crippen LogP contribution in [0.1, 0.15) is 10.6 Å². The Morgan fingerprint density at radius 2 is 1.73 bits per heavy atom. The van der Waals surface area contributed by atoms with Crippen molar-refractivity contribution in [2.75, 3.05) is 17.7 Å². The number of hydroxylamine groups is 1. The monoisotopic (exact) mass is 447 g/mol. The van der Waals surface area contributed by atoms with E-state index in [1.54, 1.807) is 36.4 Å². The van der Waals surface area contributed by atoms with Crippen LogP contribution in [0.5, 0.6) is 11.6 Å². The van der Waals surface area contributed by atoms with Gasteiger partial charge in [-0.2, -0.15) is 4.98 Å². The maximum Gasteiger partial charge on any atom is 0.323 e. The Bertz CT molecular complexity index is 1080. The molecule has 0 atom stereocenters. The molecule has 0 aliphatic heterocycles. The second-order valence-corrected chi connectivity index (χ2v) is 6.51. The minimum atomic E-state index is -0.614. The van der Waals surface area contributed by atoms with E-state index in [0.717, 1.165) is 0 Å². The normalized spacial score (nSPS) is 10.2. The number of halogens is 2. The topological polar surface area (TPSA) is 114 Å². The lowest BCUT2D eigenvalue weighted by Crippen LogP contribution is -2.24. The van der Waals surface area contributed by atoms with Gasteiger partial charge in [0.25, 0.3) is 0 Å². The Kier molecular flexibility index (Phi) is 7.02. The van der Waals surface area contributed by atoms with Gasteiger partial charge in [-0.25, -0.2) is 15.3 Å². The fourth-order valence-electron chi connectivity index (χ4n) is 2.27. The molecule has 9 nitrogen and oxygen atoms in total. The molecule has 0 fully saturated rings. The van der Waals surface area contributed by atoms with Crippen molar-refractivity contribution in [1.82, 2.24) is 15.4 Å². The highest BCUT2D eigenvalue weighted by molar-refractivity contribution is 6.42. The van der Waals surface area contributed by atoms with Crippen molar-refractivity contribution < 1.29 is 19.2 Å².